The highest BCUT2D eigenvalue weighted by molar-refractivity contribution is 7.09. The van der Waals surface area contributed by atoms with Gasteiger partial charge in [0.05, 0.1) is 0 Å². The van der Waals surface area contributed by atoms with Crippen molar-refractivity contribution in [2.45, 2.75) is 44.7 Å². The van der Waals surface area contributed by atoms with Crippen molar-refractivity contribution in [3.8, 4) is 0 Å². The first-order valence-corrected chi connectivity index (χ1v) is 10.1. The maximum Gasteiger partial charge on any atom is 0.246 e. The molecule has 1 fully saturated rings. The first-order valence-electron chi connectivity index (χ1n) is 8.84. The summed E-state index contributed by atoms with van der Waals surface area (Å²) in [6.45, 7) is 2.94. The van der Waals surface area contributed by atoms with Gasteiger partial charge in [0.1, 0.15) is 5.54 Å². The molecule has 0 spiro atoms. The van der Waals surface area contributed by atoms with E-state index < -0.39 is 5.54 Å². The predicted octanol–water partition coefficient (Wildman–Crippen LogP) is 4.03. The van der Waals surface area contributed by atoms with Crippen molar-refractivity contribution in [3.05, 3.63) is 57.2 Å². The molecule has 3 rings (SSSR count). The molecule has 1 aliphatic rings. The Labute approximate surface area is 163 Å². The highest BCUT2D eigenvalue weighted by Gasteiger charge is 2.48. The summed E-state index contributed by atoms with van der Waals surface area (Å²) in [5.74, 6) is -0.0257. The van der Waals surface area contributed by atoms with E-state index in [0.29, 0.717) is 31.0 Å². The summed E-state index contributed by atoms with van der Waals surface area (Å²) >= 11 is 7.59. The number of thiophene rings is 1. The number of carbonyl (C=O) groups is 2. The SMILES string of the molecule is CC1(C(=O)NCc2ccc(Cl)cc2)CCN1C(=O)CCCc1cccs1. The highest BCUT2D eigenvalue weighted by atomic mass is 35.5. The molecule has 2 heterocycles. The van der Waals surface area contributed by atoms with Crippen LogP contribution in [0.3, 0.4) is 0 Å². The Morgan fingerprint density at radius 2 is 2.04 bits per heavy atom. The average Bonchev–Trinajstić information content (AvgIpc) is 3.12. The summed E-state index contributed by atoms with van der Waals surface area (Å²) in [4.78, 5) is 28.2. The molecular weight excluding hydrogens is 368 g/mol. The molecule has 138 valence electrons. The number of amides is 2. The molecule has 2 aromatic rings. The molecule has 1 aliphatic heterocycles. The summed E-state index contributed by atoms with van der Waals surface area (Å²) < 4.78 is 0. The van der Waals surface area contributed by atoms with Gasteiger partial charge in [0.15, 0.2) is 0 Å². The molecule has 0 bridgehead atoms. The first kappa shape index (κ1) is 18.9. The molecule has 0 aliphatic carbocycles. The van der Waals surface area contributed by atoms with Gasteiger partial charge in [-0.15, -0.1) is 11.3 Å². The topological polar surface area (TPSA) is 49.4 Å². The number of hydrogen-bond donors (Lipinski definition) is 1. The number of nitrogens with zero attached hydrogens (tertiary/aromatic N) is 1. The molecule has 1 aromatic heterocycles. The monoisotopic (exact) mass is 390 g/mol. The Bertz CT molecular complexity index is 761. The van der Waals surface area contributed by atoms with Gasteiger partial charge in [-0.25, -0.2) is 0 Å². The Kier molecular flexibility index (Phi) is 5.99. The fourth-order valence-electron chi connectivity index (χ4n) is 3.17. The largest absolute Gasteiger partial charge is 0.350 e. The van der Waals surface area contributed by atoms with Crippen molar-refractivity contribution in [1.29, 1.82) is 0 Å². The van der Waals surface area contributed by atoms with Crippen LogP contribution in [0.25, 0.3) is 0 Å². The second-order valence-electron chi connectivity index (χ2n) is 6.81. The van der Waals surface area contributed by atoms with Crippen LogP contribution < -0.4 is 5.32 Å². The normalized spacial score (nSPS) is 19.1. The summed E-state index contributed by atoms with van der Waals surface area (Å²) in [5.41, 5.74) is 0.256. The number of aryl methyl sites for hydroxylation is 1. The van der Waals surface area contributed by atoms with E-state index in [9.17, 15) is 9.59 Å². The van der Waals surface area contributed by atoms with Crippen LogP contribution >= 0.6 is 22.9 Å². The zero-order chi connectivity index (χ0) is 18.6. The molecule has 4 nitrogen and oxygen atoms in total. The van der Waals surface area contributed by atoms with Gasteiger partial charge in [0.2, 0.25) is 11.8 Å². The number of carbonyl (C=O) groups excluding carboxylic acids is 2. The van der Waals surface area contributed by atoms with E-state index in [4.69, 9.17) is 11.6 Å². The Morgan fingerprint density at radius 1 is 1.27 bits per heavy atom. The minimum Gasteiger partial charge on any atom is -0.350 e. The molecule has 6 heteroatoms. The van der Waals surface area contributed by atoms with Crippen LogP contribution in [0.5, 0.6) is 0 Å². The van der Waals surface area contributed by atoms with E-state index in [1.807, 2.05) is 25.1 Å². The Hall–Kier alpha value is -1.85. The van der Waals surface area contributed by atoms with Gasteiger partial charge in [0.25, 0.3) is 0 Å². The lowest BCUT2D eigenvalue weighted by Crippen LogP contribution is -2.67. The highest BCUT2D eigenvalue weighted by Crippen LogP contribution is 2.31. The van der Waals surface area contributed by atoms with Crippen LogP contribution in [0.15, 0.2) is 41.8 Å². The van der Waals surface area contributed by atoms with Crippen molar-refractivity contribution in [1.82, 2.24) is 10.2 Å². The van der Waals surface area contributed by atoms with Gasteiger partial charge in [0, 0.05) is 29.4 Å². The van der Waals surface area contributed by atoms with E-state index in [1.165, 1.54) is 4.88 Å². The van der Waals surface area contributed by atoms with E-state index >= 15 is 0 Å². The molecule has 1 N–H and O–H groups in total. The van der Waals surface area contributed by atoms with Crippen LogP contribution in [0, 0.1) is 0 Å². The molecule has 2 amide bonds. The first-order chi connectivity index (χ1) is 12.5. The van der Waals surface area contributed by atoms with E-state index in [0.717, 1.165) is 18.4 Å². The molecule has 1 unspecified atom stereocenters. The maximum atomic E-state index is 12.6. The smallest absolute Gasteiger partial charge is 0.246 e. The number of likely N-dealkylation sites (tertiary alicyclic amines) is 1. The second kappa shape index (κ2) is 8.23. The standard InChI is InChI=1S/C20H23ClN2O2S/c1-20(19(25)22-14-15-7-9-16(21)10-8-15)11-12-23(20)18(24)6-2-4-17-5-3-13-26-17/h3,5,7-10,13H,2,4,6,11-12,14H2,1H3,(H,22,25). The third-order valence-corrected chi connectivity index (χ3v) is 6.16. The molecule has 1 aromatic carbocycles. The third kappa shape index (κ3) is 4.27. The number of benzene rings is 1. The zero-order valence-electron chi connectivity index (χ0n) is 14.8. The van der Waals surface area contributed by atoms with Gasteiger partial charge in [-0.2, -0.15) is 0 Å². The van der Waals surface area contributed by atoms with E-state index in [2.05, 4.69) is 16.8 Å². The van der Waals surface area contributed by atoms with Crippen molar-refractivity contribution in [3.63, 3.8) is 0 Å². The number of nitrogens with one attached hydrogen (secondary N) is 1. The summed E-state index contributed by atoms with van der Waals surface area (Å²) in [5, 5.41) is 5.67. The summed E-state index contributed by atoms with van der Waals surface area (Å²) in [6, 6.07) is 11.5. The molecule has 0 saturated carbocycles. The predicted molar refractivity (Wildman–Crippen MR) is 105 cm³/mol. The van der Waals surface area contributed by atoms with Crippen LogP contribution in [0.1, 0.15) is 36.6 Å². The lowest BCUT2D eigenvalue weighted by Gasteiger charge is -2.49. The zero-order valence-corrected chi connectivity index (χ0v) is 16.4. The molecule has 0 radical (unpaired) electrons. The fraction of sp³-hybridized carbons (Fsp3) is 0.400. The number of hydrogen-bond acceptors (Lipinski definition) is 3. The molecular formula is C20H23ClN2O2S. The van der Waals surface area contributed by atoms with Crippen LogP contribution in [-0.4, -0.2) is 28.8 Å². The third-order valence-electron chi connectivity index (χ3n) is 4.97. The van der Waals surface area contributed by atoms with Crippen molar-refractivity contribution >= 4 is 34.8 Å². The van der Waals surface area contributed by atoms with Crippen molar-refractivity contribution in [2.75, 3.05) is 6.54 Å². The minimum atomic E-state index is -0.730. The fourth-order valence-corrected chi connectivity index (χ4v) is 4.05. The number of halogens is 1. The summed E-state index contributed by atoms with van der Waals surface area (Å²) in [7, 11) is 0. The van der Waals surface area contributed by atoms with Crippen LogP contribution in [0.4, 0.5) is 0 Å². The van der Waals surface area contributed by atoms with Crippen LogP contribution in [0.2, 0.25) is 5.02 Å². The van der Waals surface area contributed by atoms with Gasteiger partial charge in [-0.05, 0) is 55.3 Å². The van der Waals surface area contributed by atoms with Gasteiger partial charge in [-0.1, -0.05) is 29.8 Å². The van der Waals surface area contributed by atoms with E-state index in [-0.39, 0.29) is 11.8 Å². The quantitative estimate of drug-likeness (QED) is 0.775. The van der Waals surface area contributed by atoms with Gasteiger partial charge < -0.3 is 10.2 Å². The minimum absolute atomic E-state index is 0.0666. The molecule has 26 heavy (non-hydrogen) atoms. The lowest BCUT2D eigenvalue weighted by atomic mass is 9.85. The van der Waals surface area contributed by atoms with Crippen molar-refractivity contribution in [2.24, 2.45) is 0 Å². The van der Waals surface area contributed by atoms with Gasteiger partial charge in [-0.3, -0.25) is 9.59 Å². The van der Waals surface area contributed by atoms with Crippen molar-refractivity contribution < 1.29 is 9.59 Å². The number of rotatable bonds is 7. The van der Waals surface area contributed by atoms with Gasteiger partial charge >= 0.3 is 0 Å². The summed E-state index contributed by atoms with van der Waals surface area (Å²) in [6.07, 6.45) is 2.92. The van der Waals surface area contributed by atoms with Crippen LogP contribution in [-0.2, 0) is 22.6 Å². The Morgan fingerprint density at radius 3 is 2.65 bits per heavy atom. The Balaban J connectivity index is 1.49. The second-order valence-corrected chi connectivity index (χ2v) is 8.28. The lowest BCUT2D eigenvalue weighted by molar-refractivity contribution is -0.157. The molecule has 1 saturated heterocycles. The maximum absolute atomic E-state index is 12.6. The average molecular weight is 391 g/mol. The van der Waals surface area contributed by atoms with E-state index in [1.54, 1.807) is 28.4 Å². The molecule has 1 atom stereocenters.